The molecular formula is C21H20Cl2F4N2O4S. The third-order valence-corrected chi connectivity index (χ3v) is 6.06. The third kappa shape index (κ3) is 6.83. The molecule has 6 nitrogen and oxygen atoms in total. The van der Waals surface area contributed by atoms with Gasteiger partial charge in [-0.3, -0.25) is 9.52 Å². The molecule has 3 rings (SSSR count). The number of amides is 1. The zero-order valence-corrected chi connectivity index (χ0v) is 20.1. The first-order valence-corrected chi connectivity index (χ1v) is 12.7. The lowest BCUT2D eigenvalue weighted by molar-refractivity contribution is -0.274. The lowest BCUT2D eigenvalue weighted by Gasteiger charge is -2.27. The standard InChI is InChI=1S/C21H20Cl2F4N2O4S/c1-34(2,31)28-20(30)14-9-16(23)19(10-17(14)24)32-11-13-4-3-7-29(13)12-5-6-18(15(22)8-12)33-21(25,26)27/h5-6,8-10,13H,1,3-4,7,11H2,2H3,(H,28,30,31)/t13-,34?/m1/s1. The molecular weight excluding hydrogens is 523 g/mol. The van der Waals surface area contributed by atoms with E-state index in [4.69, 9.17) is 27.9 Å². The number of alkyl halides is 3. The molecule has 1 unspecified atom stereocenters. The topological polar surface area (TPSA) is 67.9 Å². The summed E-state index contributed by atoms with van der Waals surface area (Å²) in [6, 6.07) is 5.80. The largest absolute Gasteiger partial charge is 0.573 e. The van der Waals surface area contributed by atoms with Crippen LogP contribution in [0.5, 0.6) is 11.5 Å². The Balaban J connectivity index is 1.71. The van der Waals surface area contributed by atoms with E-state index in [0.29, 0.717) is 18.7 Å². The van der Waals surface area contributed by atoms with Gasteiger partial charge in [0.2, 0.25) is 0 Å². The number of anilines is 1. The minimum absolute atomic E-state index is 0.00128. The minimum Gasteiger partial charge on any atom is -0.490 e. The van der Waals surface area contributed by atoms with E-state index in [-0.39, 0.29) is 28.4 Å². The molecule has 1 heterocycles. The summed E-state index contributed by atoms with van der Waals surface area (Å²) >= 11 is 12.1. The number of carbonyl (C=O) groups excluding carboxylic acids is 1. The number of halogens is 6. The molecule has 186 valence electrons. The van der Waals surface area contributed by atoms with Crippen LogP contribution >= 0.6 is 23.2 Å². The summed E-state index contributed by atoms with van der Waals surface area (Å²) in [4.78, 5) is 14.0. The molecule has 1 amide bonds. The van der Waals surface area contributed by atoms with Crippen LogP contribution in [0.25, 0.3) is 0 Å². The van der Waals surface area contributed by atoms with Crippen LogP contribution in [0.3, 0.4) is 0 Å². The summed E-state index contributed by atoms with van der Waals surface area (Å²) in [5.41, 5.74) is 0.167. The SMILES string of the molecule is C=S(C)(=O)NC(=O)c1cc(Cl)c(OC[C@H]2CCCN2c2ccc(OC(F)(F)F)c(Cl)c2)cc1F. The number of hydrogen-bond acceptors (Lipinski definition) is 5. The van der Waals surface area contributed by atoms with Crippen molar-refractivity contribution in [3.05, 3.63) is 51.8 Å². The van der Waals surface area contributed by atoms with E-state index in [9.17, 15) is 26.6 Å². The smallest absolute Gasteiger partial charge is 0.490 e. The van der Waals surface area contributed by atoms with Crippen molar-refractivity contribution in [3.63, 3.8) is 0 Å². The second-order valence-electron chi connectivity index (χ2n) is 7.66. The summed E-state index contributed by atoms with van der Waals surface area (Å²) < 4.78 is 75.2. The summed E-state index contributed by atoms with van der Waals surface area (Å²) in [7, 11) is -2.90. The normalized spacial score (nSPS) is 17.9. The van der Waals surface area contributed by atoms with Gasteiger partial charge in [0.25, 0.3) is 5.91 Å². The van der Waals surface area contributed by atoms with Gasteiger partial charge in [0.1, 0.15) is 23.9 Å². The zero-order valence-electron chi connectivity index (χ0n) is 17.8. The van der Waals surface area contributed by atoms with Crippen molar-refractivity contribution in [1.29, 1.82) is 0 Å². The fraction of sp³-hybridized carbons (Fsp3) is 0.333. The maximum absolute atomic E-state index is 14.5. The van der Waals surface area contributed by atoms with Crippen LogP contribution < -0.4 is 19.1 Å². The maximum Gasteiger partial charge on any atom is 0.573 e. The quantitative estimate of drug-likeness (QED) is 0.390. The second-order valence-corrected chi connectivity index (χ2v) is 10.7. The number of nitrogens with zero attached hydrogens (tertiary/aromatic N) is 1. The first-order valence-electron chi connectivity index (χ1n) is 9.81. The van der Waals surface area contributed by atoms with Gasteiger partial charge in [0, 0.05) is 34.3 Å². The molecule has 2 atom stereocenters. The van der Waals surface area contributed by atoms with Gasteiger partial charge < -0.3 is 14.4 Å². The highest BCUT2D eigenvalue weighted by atomic mass is 35.5. The van der Waals surface area contributed by atoms with Crippen LogP contribution in [0.2, 0.25) is 10.0 Å². The lowest BCUT2D eigenvalue weighted by Crippen LogP contribution is -2.34. The Morgan fingerprint density at radius 1 is 1.24 bits per heavy atom. The van der Waals surface area contributed by atoms with Crippen molar-refractivity contribution in [3.8, 4) is 11.5 Å². The Morgan fingerprint density at radius 2 is 1.91 bits per heavy atom. The summed E-state index contributed by atoms with van der Waals surface area (Å²) in [5.74, 6) is 0.932. The molecule has 0 spiro atoms. The Morgan fingerprint density at radius 3 is 2.53 bits per heavy atom. The number of carbonyl (C=O) groups is 1. The predicted octanol–water partition coefficient (Wildman–Crippen LogP) is 5.07. The van der Waals surface area contributed by atoms with Gasteiger partial charge in [0.15, 0.2) is 0 Å². The average molecular weight is 543 g/mol. The van der Waals surface area contributed by atoms with Crippen LogP contribution in [0, 0.1) is 5.82 Å². The fourth-order valence-corrected chi connectivity index (χ4v) is 4.41. The molecule has 1 N–H and O–H groups in total. The van der Waals surface area contributed by atoms with E-state index in [2.05, 4.69) is 15.3 Å². The molecule has 1 aliphatic heterocycles. The van der Waals surface area contributed by atoms with E-state index in [1.54, 1.807) is 0 Å². The number of benzene rings is 2. The molecule has 0 radical (unpaired) electrons. The van der Waals surface area contributed by atoms with E-state index >= 15 is 0 Å². The van der Waals surface area contributed by atoms with E-state index in [0.717, 1.165) is 24.6 Å². The van der Waals surface area contributed by atoms with Gasteiger partial charge in [-0.05, 0) is 43.0 Å². The Kier molecular flexibility index (Phi) is 7.79. The molecule has 0 aromatic heterocycles. The van der Waals surface area contributed by atoms with Gasteiger partial charge in [-0.2, -0.15) is 0 Å². The monoisotopic (exact) mass is 542 g/mol. The number of rotatable bonds is 7. The van der Waals surface area contributed by atoms with Gasteiger partial charge in [0.05, 0.1) is 21.7 Å². The first-order chi connectivity index (χ1) is 15.7. The third-order valence-electron chi connectivity index (χ3n) is 4.86. The molecule has 0 aliphatic carbocycles. The van der Waals surface area contributed by atoms with Crippen molar-refractivity contribution >= 4 is 50.4 Å². The molecule has 34 heavy (non-hydrogen) atoms. The van der Waals surface area contributed by atoms with Crippen molar-refractivity contribution in [2.24, 2.45) is 0 Å². The highest BCUT2D eigenvalue weighted by molar-refractivity contribution is 7.98. The molecule has 13 heteroatoms. The average Bonchev–Trinajstić information content (AvgIpc) is 3.16. The van der Waals surface area contributed by atoms with Gasteiger partial charge >= 0.3 is 6.36 Å². The van der Waals surface area contributed by atoms with Crippen LogP contribution in [-0.4, -0.2) is 47.8 Å². The van der Waals surface area contributed by atoms with Crippen molar-refractivity contribution in [2.75, 3.05) is 24.3 Å². The summed E-state index contributed by atoms with van der Waals surface area (Å²) in [5, 5.41) is -0.224. The maximum atomic E-state index is 14.5. The second kappa shape index (κ2) is 10.1. The number of ether oxygens (including phenoxy) is 2. The first kappa shape index (κ1) is 26.2. The summed E-state index contributed by atoms with van der Waals surface area (Å²) in [6.07, 6.45) is -2.18. The Labute approximate surface area is 203 Å². The van der Waals surface area contributed by atoms with Gasteiger partial charge in [-0.25, -0.2) is 8.60 Å². The van der Waals surface area contributed by atoms with Gasteiger partial charge in [-0.15, -0.1) is 13.2 Å². The molecule has 0 bridgehead atoms. The molecule has 0 saturated carbocycles. The van der Waals surface area contributed by atoms with Crippen molar-refractivity contribution in [1.82, 2.24) is 4.72 Å². The molecule has 1 fully saturated rings. The fourth-order valence-electron chi connectivity index (χ4n) is 3.47. The highest BCUT2D eigenvalue weighted by Crippen LogP contribution is 2.36. The van der Waals surface area contributed by atoms with E-state index in [1.807, 2.05) is 4.90 Å². The zero-order chi connectivity index (χ0) is 25.3. The van der Waals surface area contributed by atoms with E-state index < -0.39 is 39.1 Å². The van der Waals surface area contributed by atoms with Crippen LogP contribution in [0.15, 0.2) is 30.3 Å². The lowest BCUT2D eigenvalue weighted by atomic mass is 10.2. The predicted molar refractivity (Wildman–Crippen MR) is 124 cm³/mol. The Hall–Kier alpha value is -2.37. The minimum atomic E-state index is -4.86. The summed E-state index contributed by atoms with van der Waals surface area (Å²) in [6.45, 7) is 0.692. The molecule has 2 aromatic rings. The number of nitrogens with one attached hydrogen (secondary N) is 1. The Bertz CT molecular complexity index is 1190. The molecule has 1 aliphatic rings. The van der Waals surface area contributed by atoms with Crippen LogP contribution in [-0.2, 0) is 9.71 Å². The highest BCUT2D eigenvalue weighted by Gasteiger charge is 2.33. The van der Waals surface area contributed by atoms with Gasteiger partial charge in [-0.1, -0.05) is 23.2 Å². The van der Waals surface area contributed by atoms with E-state index in [1.165, 1.54) is 18.4 Å². The van der Waals surface area contributed by atoms with Crippen LogP contribution in [0.1, 0.15) is 23.2 Å². The van der Waals surface area contributed by atoms with Crippen molar-refractivity contribution < 1.29 is 36.0 Å². The van der Waals surface area contributed by atoms with Crippen LogP contribution in [0.4, 0.5) is 23.2 Å². The van der Waals surface area contributed by atoms with Crippen molar-refractivity contribution in [2.45, 2.75) is 25.2 Å². The molecule has 1 saturated heterocycles. The number of hydrogen-bond donors (Lipinski definition) is 1. The molecule has 2 aromatic carbocycles.